The summed E-state index contributed by atoms with van der Waals surface area (Å²) < 4.78 is 1.40. The number of piperidine rings is 1. The number of fused-ring (bicyclic) bond motifs is 1. The van der Waals surface area contributed by atoms with Gasteiger partial charge in [-0.25, -0.2) is 0 Å². The van der Waals surface area contributed by atoms with E-state index >= 15 is 0 Å². The molecule has 2 aromatic rings. The van der Waals surface area contributed by atoms with E-state index in [0.29, 0.717) is 12.1 Å². The Morgan fingerprint density at radius 1 is 1.40 bits per heavy atom. The van der Waals surface area contributed by atoms with E-state index in [1.807, 2.05) is 12.1 Å². The molecule has 0 aliphatic carbocycles. The molecule has 0 radical (unpaired) electrons. The minimum absolute atomic E-state index is 0.189. The zero-order valence-electron chi connectivity index (χ0n) is 11.0. The van der Waals surface area contributed by atoms with Crippen LogP contribution in [-0.4, -0.2) is 48.9 Å². The number of anilines is 1. The third-order valence-corrected chi connectivity index (χ3v) is 3.67. The van der Waals surface area contributed by atoms with Gasteiger partial charge in [-0.2, -0.15) is 0 Å². The average molecular weight is 276 g/mol. The molecule has 1 aliphatic heterocycles. The molecule has 1 N–H and O–H groups in total. The summed E-state index contributed by atoms with van der Waals surface area (Å²) >= 11 is 0. The van der Waals surface area contributed by atoms with E-state index in [1.165, 1.54) is 4.63 Å². The van der Waals surface area contributed by atoms with Crippen LogP contribution in [-0.2, 0) is 4.79 Å². The molecular weight excluding hydrogens is 260 g/mol. The van der Waals surface area contributed by atoms with Crippen molar-refractivity contribution in [3.05, 3.63) is 12.1 Å². The molecule has 2 aromatic heterocycles. The van der Waals surface area contributed by atoms with Gasteiger partial charge in [0.15, 0.2) is 11.5 Å². The summed E-state index contributed by atoms with van der Waals surface area (Å²) in [5, 5.41) is 24.4. The zero-order valence-corrected chi connectivity index (χ0v) is 11.0. The van der Waals surface area contributed by atoms with E-state index < -0.39 is 5.97 Å². The van der Waals surface area contributed by atoms with Crippen molar-refractivity contribution in [2.75, 3.05) is 11.4 Å². The fraction of sp³-hybridized carbons (Fsp3) is 0.583. The maximum Gasteiger partial charge on any atom is 0.303 e. The van der Waals surface area contributed by atoms with Crippen LogP contribution < -0.4 is 4.90 Å². The SMILES string of the molecule is O=C(O)CCC1CCCCN1c1ccc2nnnn2n1. The Morgan fingerprint density at radius 3 is 3.15 bits per heavy atom. The topological polar surface area (TPSA) is 96.5 Å². The van der Waals surface area contributed by atoms with Gasteiger partial charge in [0.2, 0.25) is 0 Å². The molecule has 1 unspecified atom stereocenters. The first-order valence-electron chi connectivity index (χ1n) is 6.78. The quantitative estimate of drug-likeness (QED) is 0.879. The lowest BCUT2D eigenvalue weighted by Gasteiger charge is -2.36. The van der Waals surface area contributed by atoms with Crippen molar-refractivity contribution in [1.29, 1.82) is 0 Å². The van der Waals surface area contributed by atoms with Crippen molar-refractivity contribution < 1.29 is 9.90 Å². The van der Waals surface area contributed by atoms with E-state index in [0.717, 1.165) is 31.6 Å². The first kappa shape index (κ1) is 12.8. The number of rotatable bonds is 4. The lowest BCUT2D eigenvalue weighted by atomic mass is 9.98. The van der Waals surface area contributed by atoms with Crippen molar-refractivity contribution in [3.8, 4) is 0 Å². The minimum Gasteiger partial charge on any atom is -0.481 e. The van der Waals surface area contributed by atoms with Crippen LogP contribution in [0, 0.1) is 0 Å². The van der Waals surface area contributed by atoms with Crippen LogP contribution >= 0.6 is 0 Å². The van der Waals surface area contributed by atoms with Gasteiger partial charge in [0.25, 0.3) is 0 Å². The van der Waals surface area contributed by atoms with Crippen LogP contribution in [0.2, 0.25) is 0 Å². The molecule has 3 heterocycles. The summed E-state index contributed by atoms with van der Waals surface area (Å²) in [6.07, 6.45) is 4.06. The van der Waals surface area contributed by atoms with Crippen molar-refractivity contribution in [1.82, 2.24) is 25.3 Å². The van der Waals surface area contributed by atoms with Crippen LogP contribution in [0.15, 0.2) is 12.1 Å². The number of aliphatic carboxylic acids is 1. The number of tetrazole rings is 1. The van der Waals surface area contributed by atoms with E-state index in [-0.39, 0.29) is 12.5 Å². The predicted octanol–water partition coefficient (Wildman–Crippen LogP) is 0.743. The van der Waals surface area contributed by atoms with Gasteiger partial charge in [-0.15, -0.1) is 14.8 Å². The standard InChI is InChI=1S/C12H16N6O2/c19-12(20)7-4-9-3-1-2-8-17(9)11-6-5-10-13-15-16-18(10)14-11/h5-6,9H,1-4,7-8H2,(H,19,20). The number of carboxylic acid groups (broad SMARTS) is 1. The van der Waals surface area contributed by atoms with E-state index in [4.69, 9.17) is 5.11 Å². The minimum atomic E-state index is -0.751. The van der Waals surface area contributed by atoms with Gasteiger partial charge in [0.1, 0.15) is 0 Å². The highest BCUT2D eigenvalue weighted by Crippen LogP contribution is 2.25. The van der Waals surface area contributed by atoms with E-state index in [2.05, 4.69) is 25.5 Å². The van der Waals surface area contributed by atoms with Crippen molar-refractivity contribution in [2.24, 2.45) is 0 Å². The number of carbonyl (C=O) groups is 1. The molecule has 0 amide bonds. The number of hydrogen-bond donors (Lipinski definition) is 1. The van der Waals surface area contributed by atoms with Gasteiger partial charge in [-0.3, -0.25) is 4.79 Å². The summed E-state index contributed by atoms with van der Waals surface area (Å²) in [6.45, 7) is 0.894. The van der Waals surface area contributed by atoms with Crippen LogP contribution in [0.3, 0.4) is 0 Å². The van der Waals surface area contributed by atoms with Crippen LogP contribution in [0.4, 0.5) is 5.82 Å². The molecule has 0 saturated carbocycles. The van der Waals surface area contributed by atoms with Gasteiger partial charge < -0.3 is 10.0 Å². The molecular formula is C12H16N6O2. The van der Waals surface area contributed by atoms with E-state index in [1.54, 1.807) is 0 Å². The Kier molecular flexibility index (Phi) is 3.44. The van der Waals surface area contributed by atoms with Crippen molar-refractivity contribution in [2.45, 2.75) is 38.1 Å². The molecule has 1 aliphatic rings. The molecule has 1 atom stereocenters. The van der Waals surface area contributed by atoms with Gasteiger partial charge >= 0.3 is 5.97 Å². The molecule has 20 heavy (non-hydrogen) atoms. The van der Waals surface area contributed by atoms with Gasteiger partial charge in [0, 0.05) is 19.0 Å². The fourth-order valence-corrected chi connectivity index (χ4v) is 2.69. The number of aromatic nitrogens is 5. The molecule has 106 valence electrons. The third-order valence-electron chi connectivity index (χ3n) is 3.67. The van der Waals surface area contributed by atoms with Gasteiger partial charge in [0.05, 0.1) is 0 Å². The second-order valence-corrected chi connectivity index (χ2v) is 4.99. The molecule has 1 saturated heterocycles. The Balaban J connectivity index is 1.82. The molecule has 0 bridgehead atoms. The molecule has 8 heteroatoms. The largest absolute Gasteiger partial charge is 0.481 e. The monoisotopic (exact) mass is 276 g/mol. The molecule has 3 rings (SSSR count). The van der Waals surface area contributed by atoms with Gasteiger partial charge in [-0.1, -0.05) is 0 Å². The highest BCUT2D eigenvalue weighted by molar-refractivity contribution is 5.66. The normalized spacial score (nSPS) is 19.4. The number of hydrogen-bond acceptors (Lipinski definition) is 6. The highest BCUT2D eigenvalue weighted by atomic mass is 16.4. The van der Waals surface area contributed by atoms with Crippen LogP contribution in [0.5, 0.6) is 0 Å². The lowest BCUT2D eigenvalue weighted by molar-refractivity contribution is -0.137. The molecule has 0 spiro atoms. The Morgan fingerprint density at radius 2 is 2.30 bits per heavy atom. The number of nitrogens with zero attached hydrogens (tertiary/aromatic N) is 6. The third kappa shape index (κ3) is 2.54. The second kappa shape index (κ2) is 5.40. The summed E-state index contributed by atoms with van der Waals surface area (Å²) in [5.74, 6) is 0.0549. The van der Waals surface area contributed by atoms with Crippen molar-refractivity contribution >= 4 is 17.4 Å². The summed E-state index contributed by atoms with van der Waals surface area (Å²) in [5.41, 5.74) is 0.604. The van der Waals surface area contributed by atoms with Crippen LogP contribution in [0.1, 0.15) is 32.1 Å². The Hall–Kier alpha value is -2.25. The first-order chi connectivity index (χ1) is 9.74. The Bertz CT molecular complexity index is 613. The second-order valence-electron chi connectivity index (χ2n) is 4.99. The number of carboxylic acids is 1. The molecule has 8 nitrogen and oxygen atoms in total. The Labute approximate surface area is 115 Å². The highest BCUT2D eigenvalue weighted by Gasteiger charge is 2.24. The first-order valence-corrected chi connectivity index (χ1v) is 6.78. The van der Waals surface area contributed by atoms with E-state index in [9.17, 15) is 4.79 Å². The van der Waals surface area contributed by atoms with Crippen LogP contribution in [0.25, 0.3) is 5.65 Å². The summed E-state index contributed by atoms with van der Waals surface area (Å²) in [4.78, 5) is 12.9. The average Bonchev–Trinajstić information content (AvgIpc) is 2.92. The summed E-state index contributed by atoms with van der Waals surface area (Å²) in [7, 11) is 0. The summed E-state index contributed by atoms with van der Waals surface area (Å²) in [6, 6.07) is 3.94. The van der Waals surface area contributed by atoms with Gasteiger partial charge in [-0.05, 0) is 48.2 Å². The zero-order chi connectivity index (χ0) is 13.9. The predicted molar refractivity (Wildman–Crippen MR) is 70.4 cm³/mol. The fourth-order valence-electron chi connectivity index (χ4n) is 2.69. The lowest BCUT2D eigenvalue weighted by Crippen LogP contribution is -2.40. The smallest absolute Gasteiger partial charge is 0.303 e. The molecule has 0 aromatic carbocycles. The maximum absolute atomic E-state index is 10.8. The maximum atomic E-state index is 10.8. The molecule has 1 fully saturated rings. The van der Waals surface area contributed by atoms with Crippen molar-refractivity contribution in [3.63, 3.8) is 0 Å².